The highest BCUT2D eigenvalue weighted by molar-refractivity contribution is 7.91. The molecule has 7 nitrogen and oxygen atoms in total. The van der Waals surface area contributed by atoms with Crippen molar-refractivity contribution in [3.05, 3.63) is 41.3 Å². The van der Waals surface area contributed by atoms with Crippen LogP contribution in [0.1, 0.15) is 18.4 Å². The van der Waals surface area contributed by atoms with Crippen molar-refractivity contribution in [3.63, 3.8) is 0 Å². The van der Waals surface area contributed by atoms with Crippen LogP contribution >= 0.6 is 11.3 Å². The van der Waals surface area contributed by atoms with Crippen LogP contribution in [0.25, 0.3) is 15.9 Å². The second-order valence-electron chi connectivity index (χ2n) is 6.71. The summed E-state index contributed by atoms with van der Waals surface area (Å²) in [6.45, 7) is 3.77. The minimum absolute atomic E-state index is 0.0973. The van der Waals surface area contributed by atoms with Gasteiger partial charge in [0.25, 0.3) is 0 Å². The highest BCUT2D eigenvalue weighted by atomic mass is 32.2. The van der Waals surface area contributed by atoms with Crippen molar-refractivity contribution in [3.8, 4) is 0 Å². The number of fused-ring (bicyclic) bond motifs is 3. The van der Waals surface area contributed by atoms with Gasteiger partial charge in [-0.1, -0.05) is 22.9 Å². The summed E-state index contributed by atoms with van der Waals surface area (Å²) in [5, 5.41) is 10.00. The fourth-order valence-electron chi connectivity index (χ4n) is 3.45. The first-order valence-corrected chi connectivity index (χ1v) is 11.1. The van der Waals surface area contributed by atoms with Crippen molar-refractivity contribution >= 4 is 42.9 Å². The van der Waals surface area contributed by atoms with Gasteiger partial charge in [-0.3, -0.25) is 0 Å². The number of aromatic nitrogens is 4. The second-order valence-corrected chi connectivity index (χ2v) is 9.49. The van der Waals surface area contributed by atoms with Crippen molar-refractivity contribution in [2.45, 2.75) is 29.7 Å². The Morgan fingerprint density at radius 2 is 1.81 bits per heavy atom. The molecule has 0 spiro atoms. The summed E-state index contributed by atoms with van der Waals surface area (Å²) >= 11 is 1.59. The average molecular weight is 400 g/mol. The van der Waals surface area contributed by atoms with E-state index in [0.717, 1.165) is 47.5 Å². The first-order chi connectivity index (χ1) is 13.1. The van der Waals surface area contributed by atoms with Crippen molar-refractivity contribution in [1.82, 2.24) is 19.8 Å². The number of thiophene rings is 1. The zero-order chi connectivity index (χ0) is 18.6. The molecule has 9 heteroatoms. The van der Waals surface area contributed by atoms with Gasteiger partial charge < -0.3 is 4.90 Å². The molecule has 0 aliphatic carbocycles. The molecule has 0 amide bonds. The summed E-state index contributed by atoms with van der Waals surface area (Å²) in [4.78, 5) is 7.14. The number of hydrogen-bond acceptors (Lipinski definition) is 7. The van der Waals surface area contributed by atoms with Gasteiger partial charge in [-0.25, -0.2) is 13.4 Å². The van der Waals surface area contributed by atoms with E-state index in [1.165, 1.54) is 4.52 Å². The maximum atomic E-state index is 13.2. The fraction of sp³-hybridized carbons (Fsp3) is 0.278. The first kappa shape index (κ1) is 16.6. The minimum Gasteiger partial charge on any atom is -0.355 e. The molecule has 27 heavy (non-hydrogen) atoms. The van der Waals surface area contributed by atoms with E-state index >= 15 is 0 Å². The van der Waals surface area contributed by atoms with Crippen LogP contribution in [0, 0.1) is 6.92 Å². The van der Waals surface area contributed by atoms with Crippen LogP contribution in [-0.4, -0.2) is 41.3 Å². The minimum atomic E-state index is -3.80. The third kappa shape index (κ3) is 2.53. The number of anilines is 1. The van der Waals surface area contributed by atoms with Gasteiger partial charge in [0.1, 0.15) is 0 Å². The van der Waals surface area contributed by atoms with E-state index in [0.29, 0.717) is 0 Å². The molecule has 1 fully saturated rings. The van der Waals surface area contributed by atoms with E-state index < -0.39 is 9.84 Å². The van der Waals surface area contributed by atoms with E-state index in [9.17, 15) is 8.42 Å². The molecular formula is C18H17N5O2S2. The van der Waals surface area contributed by atoms with Crippen molar-refractivity contribution in [2.75, 3.05) is 18.0 Å². The lowest BCUT2D eigenvalue weighted by molar-refractivity contribution is 0.592. The quantitative estimate of drug-likeness (QED) is 0.527. The van der Waals surface area contributed by atoms with Gasteiger partial charge in [0, 0.05) is 13.1 Å². The lowest BCUT2D eigenvalue weighted by atomic mass is 10.2. The Hall–Kier alpha value is -2.52. The molecular weight excluding hydrogens is 382 g/mol. The number of rotatable bonds is 3. The van der Waals surface area contributed by atoms with Gasteiger partial charge in [0.15, 0.2) is 11.5 Å². The Morgan fingerprint density at radius 1 is 1.07 bits per heavy atom. The Bertz CT molecular complexity index is 1250. The fourth-order valence-corrected chi connectivity index (χ4v) is 5.58. The standard InChI is InChI=1S/C18H17N5O2S2/c1-12-4-6-13(7-5-12)27(24,25)18-17-19-16(22-9-2-3-10-22)15-14(8-11-26-15)23(17)21-20-18/h4-8,11H,2-3,9-10H2,1H3. The lowest BCUT2D eigenvalue weighted by Crippen LogP contribution is -2.19. The normalized spacial score (nSPS) is 15.2. The Kier molecular flexibility index (Phi) is 3.70. The molecule has 5 rings (SSSR count). The SMILES string of the molecule is Cc1ccc(S(=O)(=O)c2nnn3c2nc(N2CCCC2)c2sccc23)cc1. The molecule has 0 bridgehead atoms. The van der Waals surface area contributed by atoms with Gasteiger partial charge >= 0.3 is 0 Å². The lowest BCUT2D eigenvalue weighted by Gasteiger charge is -2.17. The van der Waals surface area contributed by atoms with Gasteiger partial charge in [-0.05, 0) is 43.3 Å². The van der Waals surface area contributed by atoms with Crippen LogP contribution in [0.5, 0.6) is 0 Å². The summed E-state index contributed by atoms with van der Waals surface area (Å²) < 4.78 is 28.9. The third-order valence-electron chi connectivity index (χ3n) is 4.90. The third-order valence-corrected chi connectivity index (χ3v) is 7.46. The maximum absolute atomic E-state index is 13.2. The molecule has 0 saturated carbocycles. The molecule has 0 N–H and O–H groups in total. The zero-order valence-electron chi connectivity index (χ0n) is 14.7. The van der Waals surface area contributed by atoms with Crippen molar-refractivity contribution in [2.24, 2.45) is 0 Å². The molecule has 1 aromatic carbocycles. The van der Waals surface area contributed by atoms with Crippen molar-refractivity contribution in [1.29, 1.82) is 0 Å². The maximum Gasteiger partial charge on any atom is 0.229 e. The predicted molar refractivity (Wildman–Crippen MR) is 104 cm³/mol. The largest absolute Gasteiger partial charge is 0.355 e. The summed E-state index contributed by atoms with van der Waals surface area (Å²) in [6, 6.07) is 8.68. The van der Waals surface area contributed by atoms with Gasteiger partial charge in [-0.15, -0.1) is 16.4 Å². The van der Waals surface area contributed by atoms with Crippen LogP contribution in [0.4, 0.5) is 5.82 Å². The van der Waals surface area contributed by atoms with Gasteiger partial charge in [0.2, 0.25) is 14.9 Å². The Labute approximate surface area is 160 Å². The monoisotopic (exact) mass is 399 g/mol. The molecule has 4 heterocycles. The second kappa shape index (κ2) is 6.00. The molecule has 138 valence electrons. The van der Waals surface area contributed by atoms with Gasteiger partial charge in [-0.2, -0.15) is 4.52 Å². The van der Waals surface area contributed by atoms with E-state index in [4.69, 9.17) is 4.98 Å². The van der Waals surface area contributed by atoms with E-state index in [1.807, 2.05) is 18.4 Å². The summed E-state index contributed by atoms with van der Waals surface area (Å²) in [6.07, 6.45) is 2.23. The summed E-state index contributed by atoms with van der Waals surface area (Å²) in [7, 11) is -3.80. The smallest absolute Gasteiger partial charge is 0.229 e. The molecule has 0 radical (unpaired) electrons. The van der Waals surface area contributed by atoms with E-state index in [1.54, 1.807) is 35.6 Å². The topological polar surface area (TPSA) is 80.5 Å². The predicted octanol–water partition coefficient (Wildman–Crippen LogP) is 3.08. The molecule has 0 unspecified atom stereocenters. The number of benzene rings is 1. The van der Waals surface area contributed by atoms with Crippen LogP contribution < -0.4 is 4.90 Å². The Balaban J connectivity index is 1.76. The van der Waals surface area contributed by atoms with Crippen LogP contribution in [0.15, 0.2) is 45.6 Å². The Morgan fingerprint density at radius 3 is 2.56 bits per heavy atom. The van der Waals surface area contributed by atoms with Gasteiger partial charge in [0.05, 0.1) is 15.1 Å². The van der Waals surface area contributed by atoms with E-state index in [2.05, 4.69) is 15.2 Å². The molecule has 1 saturated heterocycles. The average Bonchev–Trinajstić information content (AvgIpc) is 3.40. The van der Waals surface area contributed by atoms with Crippen LogP contribution in [0.2, 0.25) is 0 Å². The number of aryl methyl sites for hydroxylation is 1. The molecule has 3 aromatic heterocycles. The summed E-state index contributed by atoms with van der Waals surface area (Å²) in [5.41, 5.74) is 2.12. The van der Waals surface area contributed by atoms with Crippen LogP contribution in [0.3, 0.4) is 0 Å². The number of sulfone groups is 1. The highest BCUT2D eigenvalue weighted by Gasteiger charge is 2.28. The first-order valence-electron chi connectivity index (χ1n) is 8.75. The van der Waals surface area contributed by atoms with Crippen LogP contribution in [-0.2, 0) is 9.84 Å². The molecule has 1 aliphatic heterocycles. The highest BCUT2D eigenvalue weighted by Crippen LogP contribution is 2.34. The number of hydrogen-bond donors (Lipinski definition) is 0. The summed E-state index contributed by atoms with van der Waals surface area (Å²) in [5.74, 6) is 0.827. The molecule has 1 aliphatic rings. The zero-order valence-corrected chi connectivity index (χ0v) is 16.3. The van der Waals surface area contributed by atoms with Crippen molar-refractivity contribution < 1.29 is 8.42 Å². The van der Waals surface area contributed by atoms with E-state index in [-0.39, 0.29) is 15.6 Å². The molecule has 4 aromatic rings. The number of nitrogens with zero attached hydrogens (tertiary/aromatic N) is 5. The molecule has 0 atom stereocenters.